The fraction of sp³-hybridized carbons (Fsp3) is 0.562. The molecule has 0 radical (unpaired) electrons. The first-order valence-electron chi connectivity index (χ1n) is 7.38. The summed E-state index contributed by atoms with van der Waals surface area (Å²) in [5, 5.41) is 3.25. The van der Waals surface area contributed by atoms with Crippen LogP contribution in [0.3, 0.4) is 0 Å². The SMILES string of the molecule is CC(C)Oc1ccc(NC(C)C(=O)N2CCCC2)cc1. The van der Waals surface area contributed by atoms with Crippen LogP contribution in [-0.4, -0.2) is 36.0 Å². The van der Waals surface area contributed by atoms with Gasteiger partial charge in [0.05, 0.1) is 6.10 Å². The summed E-state index contributed by atoms with van der Waals surface area (Å²) in [6.07, 6.45) is 2.42. The maximum Gasteiger partial charge on any atom is 0.244 e. The fourth-order valence-corrected chi connectivity index (χ4v) is 2.43. The molecule has 0 bridgehead atoms. The average molecular weight is 276 g/mol. The van der Waals surface area contributed by atoms with Crippen LogP contribution in [0, 0.1) is 0 Å². The van der Waals surface area contributed by atoms with Gasteiger partial charge in [-0.05, 0) is 57.9 Å². The molecule has 1 aromatic rings. The Balaban J connectivity index is 1.90. The molecule has 1 atom stereocenters. The predicted molar refractivity (Wildman–Crippen MR) is 81.1 cm³/mol. The zero-order chi connectivity index (χ0) is 14.5. The van der Waals surface area contributed by atoms with Gasteiger partial charge in [0.15, 0.2) is 0 Å². The van der Waals surface area contributed by atoms with Crippen LogP contribution in [0.4, 0.5) is 5.69 Å². The first kappa shape index (κ1) is 14.7. The van der Waals surface area contributed by atoms with Gasteiger partial charge in [-0.1, -0.05) is 0 Å². The van der Waals surface area contributed by atoms with Crippen molar-refractivity contribution in [3.63, 3.8) is 0 Å². The van der Waals surface area contributed by atoms with Gasteiger partial charge in [0.25, 0.3) is 0 Å². The second-order valence-corrected chi connectivity index (χ2v) is 5.59. The van der Waals surface area contributed by atoms with E-state index >= 15 is 0 Å². The van der Waals surface area contributed by atoms with Crippen molar-refractivity contribution in [1.82, 2.24) is 4.90 Å². The number of carbonyl (C=O) groups excluding carboxylic acids is 1. The van der Waals surface area contributed by atoms with Crippen molar-refractivity contribution in [2.75, 3.05) is 18.4 Å². The number of hydrogen-bond donors (Lipinski definition) is 1. The lowest BCUT2D eigenvalue weighted by Crippen LogP contribution is -2.39. The summed E-state index contributed by atoms with van der Waals surface area (Å²) < 4.78 is 5.60. The Kier molecular flexibility index (Phi) is 4.88. The van der Waals surface area contributed by atoms with Crippen LogP contribution < -0.4 is 10.1 Å². The molecular formula is C16H24N2O2. The van der Waals surface area contributed by atoms with Crippen LogP contribution in [0.5, 0.6) is 5.75 Å². The molecule has 1 aromatic carbocycles. The summed E-state index contributed by atoms with van der Waals surface area (Å²) in [5.41, 5.74) is 0.946. The van der Waals surface area contributed by atoms with Crippen molar-refractivity contribution in [3.05, 3.63) is 24.3 Å². The number of anilines is 1. The largest absolute Gasteiger partial charge is 0.491 e. The molecule has 4 nitrogen and oxygen atoms in total. The van der Waals surface area contributed by atoms with E-state index in [0.29, 0.717) is 0 Å². The van der Waals surface area contributed by atoms with Gasteiger partial charge < -0.3 is 15.0 Å². The highest BCUT2D eigenvalue weighted by molar-refractivity contribution is 5.84. The van der Waals surface area contributed by atoms with Crippen molar-refractivity contribution < 1.29 is 9.53 Å². The van der Waals surface area contributed by atoms with E-state index < -0.39 is 0 Å². The highest BCUT2D eigenvalue weighted by Gasteiger charge is 2.22. The molecule has 1 heterocycles. The third-order valence-electron chi connectivity index (χ3n) is 3.40. The lowest BCUT2D eigenvalue weighted by Gasteiger charge is -2.22. The van der Waals surface area contributed by atoms with Gasteiger partial charge in [-0.2, -0.15) is 0 Å². The topological polar surface area (TPSA) is 41.6 Å². The molecule has 2 rings (SSSR count). The Morgan fingerprint density at radius 1 is 1.15 bits per heavy atom. The third kappa shape index (κ3) is 3.89. The van der Waals surface area contributed by atoms with E-state index in [2.05, 4.69) is 5.32 Å². The second kappa shape index (κ2) is 6.64. The summed E-state index contributed by atoms with van der Waals surface area (Å²) in [7, 11) is 0. The Labute approximate surface area is 121 Å². The average Bonchev–Trinajstić information content (AvgIpc) is 2.93. The highest BCUT2D eigenvalue weighted by atomic mass is 16.5. The van der Waals surface area contributed by atoms with Gasteiger partial charge in [0.1, 0.15) is 11.8 Å². The molecule has 0 saturated carbocycles. The molecule has 1 aliphatic heterocycles. The lowest BCUT2D eigenvalue weighted by atomic mass is 10.2. The molecule has 1 unspecified atom stereocenters. The molecule has 0 spiro atoms. The van der Waals surface area contributed by atoms with Crippen LogP contribution in [0.15, 0.2) is 24.3 Å². The Hall–Kier alpha value is -1.71. The van der Waals surface area contributed by atoms with Crippen LogP contribution in [-0.2, 0) is 4.79 Å². The Morgan fingerprint density at radius 3 is 2.30 bits per heavy atom. The molecule has 0 aromatic heterocycles. The van der Waals surface area contributed by atoms with Crippen molar-refractivity contribution in [3.8, 4) is 5.75 Å². The van der Waals surface area contributed by atoms with Gasteiger partial charge >= 0.3 is 0 Å². The molecule has 1 aliphatic rings. The summed E-state index contributed by atoms with van der Waals surface area (Å²) >= 11 is 0. The zero-order valence-corrected chi connectivity index (χ0v) is 12.6. The van der Waals surface area contributed by atoms with Crippen molar-refractivity contribution in [2.45, 2.75) is 45.8 Å². The number of carbonyl (C=O) groups is 1. The minimum atomic E-state index is -0.190. The Morgan fingerprint density at radius 2 is 1.75 bits per heavy atom. The molecule has 110 valence electrons. The molecule has 4 heteroatoms. The first-order chi connectivity index (χ1) is 9.56. The number of nitrogens with zero attached hydrogens (tertiary/aromatic N) is 1. The molecule has 1 saturated heterocycles. The number of nitrogens with one attached hydrogen (secondary N) is 1. The number of likely N-dealkylation sites (tertiary alicyclic amines) is 1. The molecule has 20 heavy (non-hydrogen) atoms. The molecular weight excluding hydrogens is 252 g/mol. The molecule has 0 aliphatic carbocycles. The monoisotopic (exact) mass is 276 g/mol. The van der Waals surface area contributed by atoms with E-state index in [4.69, 9.17) is 4.74 Å². The summed E-state index contributed by atoms with van der Waals surface area (Å²) in [6.45, 7) is 7.71. The minimum absolute atomic E-state index is 0.171. The van der Waals surface area contributed by atoms with Gasteiger partial charge in [0, 0.05) is 18.8 Å². The van der Waals surface area contributed by atoms with E-state index in [1.807, 2.05) is 49.9 Å². The van der Waals surface area contributed by atoms with Crippen molar-refractivity contribution >= 4 is 11.6 Å². The summed E-state index contributed by atoms with van der Waals surface area (Å²) in [4.78, 5) is 14.1. The van der Waals surface area contributed by atoms with E-state index in [1.54, 1.807) is 0 Å². The normalized spacial score (nSPS) is 16.3. The minimum Gasteiger partial charge on any atom is -0.491 e. The molecule has 1 amide bonds. The number of benzene rings is 1. The Bertz CT molecular complexity index is 436. The van der Waals surface area contributed by atoms with Crippen LogP contribution in [0.2, 0.25) is 0 Å². The van der Waals surface area contributed by atoms with Crippen LogP contribution in [0.25, 0.3) is 0 Å². The van der Waals surface area contributed by atoms with Gasteiger partial charge in [-0.25, -0.2) is 0 Å². The maximum absolute atomic E-state index is 12.2. The number of ether oxygens (including phenoxy) is 1. The van der Waals surface area contributed by atoms with Gasteiger partial charge in [0.2, 0.25) is 5.91 Å². The molecule has 1 N–H and O–H groups in total. The van der Waals surface area contributed by atoms with E-state index in [9.17, 15) is 4.79 Å². The summed E-state index contributed by atoms with van der Waals surface area (Å²) in [6, 6.07) is 7.56. The third-order valence-corrected chi connectivity index (χ3v) is 3.40. The number of amides is 1. The number of hydrogen-bond acceptors (Lipinski definition) is 3. The van der Waals surface area contributed by atoms with Crippen molar-refractivity contribution in [1.29, 1.82) is 0 Å². The first-order valence-corrected chi connectivity index (χ1v) is 7.38. The van der Waals surface area contributed by atoms with Gasteiger partial charge in [-0.15, -0.1) is 0 Å². The predicted octanol–water partition coefficient (Wildman–Crippen LogP) is 2.90. The molecule has 1 fully saturated rings. The zero-order valence-electron chi connectivity index (χ0n) is 12.6. The number of rotatable bonds is 5. The highest BCUT2D eigenvalue weighted by Crippen LogP contribution is 2.18. The lowest BCUT2D eigenvalue weighted by molar-refractivity contribution is -0.130. The second-order valence-electron chi connectivity index (χ2n) is 5.59. The van der Waals surface area contributed by atoms with Crippen LogP contribution in [0.1, 0.15) is 33.6 Å². The van der Waals surface area contributed by atoms with E-state index in [-0.39, 0.29) is 18.1 Å². The quantitative estimate of drug-likeness (QED) is 0.899. The maximum atomic E-state index is 12.2. The van der Waals surface area contributed by atoms with Crippen molar-refractivity contribution in [2.24, 2.45) is 0 Å². The standard InChI is InChI=1S/C16H24N2O2/c1-12(2)20-15-8-6-14(7-9-15)17-13(3)16(19)18-10-4-5-11-18/h6-9,12-13,17H,4-5,10-11H2,1-3H3. The van der Waals surface area contributed by atoms with E-state index in [0.717, 1.165) is 37.4 Å². The van der Waals surface area contributed by atoms with Crippen LogP contribution >= 0.6 is 0 Å². The fourth-order valence-electron chi connectivity index (χ4n) is 2.43. The van der Waals surface area contributed by atoms with Gasteiger partial charge in [-0.3, -0.25) is 4.79 Å². The van der Waals surface area contributed by atoms with E-state index in [1.165, 1.54) is 0 Å². The summed E-state index contributed by atoms with van der Waals surface area (Å²) in [5.74, 6) is 1.04. The smallest absolute Gasteiger partial charge is 0.244 e.